The molecule has 0 aromatic heterocycles. The van der Waals surface area contributed by atoms with E-state index in [0.717, 1.165) is 11.1 Å². The largest absolute Gasteiger partial charge is 0.508 e. The highest BCUT2D eigenvalue weighted by Gasteiger charge is 2.32. The van der Waals surface area contributed by atoms with Gasteiger partial charge in [0.25, 0.3) is 0 Å². The van der Waals surface area contributed by atoms with E-state index in [4.69, 9.17) is 31.5 Å². The summed E-state index contributed by atoms with van der Waals surface area (Å²) in [7, 11) is 1.54. The zero-order valence-electron chi connectivity index (χ0n) is 16.9. The molecule has 0 unspecified atom stereocenters. The maximum absolute atomic E-state index is 9.83. The Morgan fingerprint density at radius 3 is 2.72 bits per heavy atom. The molecule has 162 valence electrons. The van der Waals surface area contributed by atoms with Crippen LogP contribution < -0.4 is 19.9 Å². The molecule has 1 heterocycles. The van der Waals surface area contributed by atoms with Gasteiger partial charge in [0.05, 0.1) is 17.5 Å². The number of allylic oxidation sites excluding steroid dienone is 1. The first kappa shape index (κ1) is 21.9. The molecule has 1 aliphatic rings. The van der Waals surface area contributed by atoms with E-state index in [1.165, 1.54) is 6.07 Å². The molecular weight excluding hydrogens is 496 g/mol. The van der Waals surface area contributed by atoms with Crippen molar-refractivity contribution in [2.75, 3.05) is 7.11 Å². The van der Waals surface area contributed by atoms with Gasteiger partial charge in [-0.05, 0) is 45.8 Å². The average molecular weight is 514 g/mol. The number of methoxy groups -OCH3 is 1. The molecule has 0 bridgehead atoms. The van der Waals surface area contributed by atoms with Crippen LogP contribution in [0.5, 0.6) is 23.0 Å². The normalized spacial score (nSPS) is 14.9. The van der Waals surface area contributed by atoms with Gasteiger partial charge >= 0.3 is 0 Å². The van der Waals surface area contributed by atoms with E-state index < -0.39 is 5.92 Å². The molecular formula is C24H18BrClN2O4. The second-order valence-electron chi connectivity index (χ2n) is 7.06. The number of halogens is 2. The van der Waals surface area contributed by atoms with E-state index in [2.05, 4.69) is 22.0 Å². The van der Waals surface area contributed by atoms with Gasteiger partial charge in [0.2, 0.25) is 5.88 Å². The zero-order valence-corrected chi connectivity index (χ0v) is 19.3. The second kappa shape index (κ2) is 9.03. The maximum atomic E-state index is 9.83. The first-order valence-corrected chi connectivity index (χ1v) is 10.7. The molecule has 0 spiro atoms. The van der Waals surface area contributed by atoms with Gasteiger partial charge in [-0.1, -0.05) is 35.9 Å². The Hall–Kier alpha value is -3.34. The summed E-state index contributed by atoms with van der Waals surface area (Å²) in [6.07, 6.45) is 0. The summed E-state index contributed by atoms with van der Waals surface area (Å²) in [5.74, 6) is 0.893. The van der Waals surface area contributed by atoms with Crippen molar-refractivity contribution in [3.63, 3.8) is 0 Å². The number of nitriles is 1. The molecule has 0 saturated carbocycles. The van der Waals surface area contributed by atoms with Crippen molar-refractivity contribution in [3.05, 3.63) is 92.2 Å². The van der Waals surface area contributed by atoms with E-state index >= 15 is 0 Å². The molecule has 6 nitrogen and oxygen atoms in total. The summed E-state index contributed by atoms with van der Waals surface area (Å²) < 4.78 is 17.8. The first-order chi connectivity index (χ1) is 15.4. The molecule has 0 fully saturated rings. The standard InChI is InChI=1S/C24H18BrClN2O4/c1-30-21-9-14(8-18(25)23(21)31-12-13-4-2-3-5-19(13)26)22-16-7-6-15(29)10-20(16)32-24(28)17(22)11-27/h2-10,22,29H,12,28H2,1H3/t22-/m0/s1. The topological polar surface area (TPSA) is 97.7 Å². The fourth-order valence-electron chi connectivity index (χ4n) is 3.60. The predicted octanol–water partition coefficient (Wildman–Crippen LogP) is 5.61. The van der Waals surface area contributed by atoms with Crippen molar-refractivity contribution in [1.82, 2.24) is 0 Å². The van der Waals surface area contributed by atoms with Crippen LogP contribution in [-0.2, 0) is 6.61 Å². The number of rotatable bonds is 5. The minimum Gasteiger partial charge on any atom is -0.508 e. The Morgan fingerprint density at radius 2 is 2.00 bits per heavy atom. The SMILES string of the molecule is COc1cc([C@@H]2C(C#N)=C(N)Oc3cc(O)ccc32)cc(Br)c1OCc1ccccc1Cl. The lowest BCUT2D eigenvalue weighted by molar-refractivity contribution is 0.282. The van der Waals surface area contributed by atoms with Crippen molar-refractivity contribution in [1.29, 1.82) is 5.26 Å². The summed E-state index contributed by atoms with van der Waals surface area (Å²) >= 11 is 9.80. The van der Waals surface area contributed by atoms with E-state index in [-0.39, 0.29) is 23.8 Å². The van der Waals surface area contributed by atoms with Crippen LogP contribution in [0.4, 0.5) is 0 Å². The number of nitrogens with two attached hydrogens (primary N) is 1. The van der Waals surface area contributed by atoms with Gasteiger partial charge in [-0.25, -0.2) is 0 Å². The second-order valence-corrected chi connectivity index (χ2v) is 8.32. The quantitative estimate of drug-likeness (QED) is 0.460. The average Bonchev–Trinajstić information content (AvgIpc) is 2.77. The van der Waals surface area contributed by atoms with Crippen LogP contribution in [0.1, 0.15) is 22.6 Å². The lowest BCUT2D eigenvalue weighted by Gasteiger charge is -2.27. The fraction of sp³-hybridized carbons (Fsp3) is 0.125. The van der Waals surface area contributed by atoms with Crippen LogP contribution in [0.3, 0.4) is 0 Å². The van der Waals surface area contributed by atoms with Crippen LogP contribution in [0.15, 0.2) is 70.5 Å². The Kier molecular flexibility index (Phi) is 6.17. The lowest BCUT2D eigenvalue weighted by atomic mass is 9.83. The van der Waals surface area contributed by atoms with Crippen LogP contribution in [-0.4, -0.2) is 12.2 Å². The minimum atomic E-state index is -0.507. The molecule has 0 aliphatic carbocycles. The highest BCUT2D eigenvalue weighted by molar-refractivity contribution is 9.10. The van der Waals surface area contributed by atoms with E-state index in [1.54, 1.807) is 31.4 Å². The van der Waals surface area contributed by atoms with Crippen LogP contribution in [0, 0.1) is 11.3 Å². The third-order valence-electron chi connectivity index (χ3n) is 5.12. The predicted molar refractivity (Wildman–Crippen MR) is 124 cm³/mol. The monoisotopic (exact) mass is 512 g/mol. The molecule has 0 saturated heterocycles. The van der Waals surface area contributed by atoms with Gasteiger partial charge in [-0.3, -0.25) is 0 Å². The summed E-state index contributed by atoms with van der Waals surface area (Å²) in [6.45, 7) is 0.254. The fourth-order valence-corrected chi connectivity index (χ4v) is 4.36. The van der Waals surface area contributed by atoms with Gasteiger partial charge in [0.1, 0.15) is 29.7 Å². The zero-order chi connectivity index (χ0) is 22.8. The van der Waals surface area contributed by atoms with Crippen LogP contribution >= 0.6 is 27.5 Å². The Morgan fingerprint density at radius 1 is 1.22 bits per heavy atom. The van der Waals surface area contributed by atoms with Crippen molar-refractivity contribution >= 4 is 27.5 Å². The Balaban J connectivity index is 1.76. The molecule has 3 N–H and O–H groups in total. The molecule has 0 amide bonds. The minimum absolute atomic E-state index is 0.00950. The highest BCUT2D eigenvalue weighted by Crippen LogP contribution is 2.47. The number of hydrogen-bond donors (Lipinski definition) is 2. The van der Waals surface area contributed by atoms with Gasteiger partial charge in [0, 0.05) is 22.2 Å². The van der Waals surface area contributed by atoms with E-state index in [0.29, 0.717) is 32.3 Å². The van der Waals surface area contributed by atoms with Crippen molar-refractivity contribution < 1.29 is 19.3 Å². The smallest absolute Gasteiger partial charge is 0.205 e. The summed E-state index contributed by atoms with van der Waals surface area (Å²) in [6, 6.07) is 17.9. The van der Waals surface area contributed by atoms with Gasteiger partial charge in [-0.15, -0.1) is 0 Å². The third kappa shape index (κ3) is 4.07. The molecule has 0 radical (unpaired) electrons. The lowest BCUT2D eigenvalue weighted by Crippen LogP contribution is -2.21. The number of phenolic OH excluding ortho intramolecular Hbond substituents is 1. The summed E-state index contributed by atoms with van der Waals surface area (Å²) in [5, 5.41) is 20.2. The number of fused-ring (bicyclic) bond motifs is 1. The van der Waals surface area contributed by atoms with Crippen LogP contribution in [0.25, 0.3) is 0 Å². The highest BCUT2D eigenvalue weighted by atomic mass is 79.9. The van der Waals surface area contributed by atoms with Gasteiger partial charge < -0.3 is 25.1 Å². The number of nitrogens with zero attached hydrogens (tertiary/aromatic N) is 1. The van der Waals surface area contributed by atoms with E-state index in [9.17, 15) is 10.4 Å². The molecule has 4 rings (SSSR count). The van der Waals surface area contributed by atoms with Crippen molar-refractivity contribution in [2.45, 2.75) is 12.5 Å². The Bertz CT molecular complexity index is 1270. The Labute approximate surface area is 198 Å². The summed E-state index contributed by atoms with van der Waals surface area (Å²) in [5.41, 5.74) is 8.57. The van der Waals surface area contributed by atoms with Gasteiger partial charge in [0.15, 0.2) is 11.5 Å². The number of benzene rings is 3. The van der Waals surface area contributed by atoms with Crippen LogP contribution in [0.2, 0.25) is 5.02 Å². The number of hydrogen-bond acceptors (Lipinski definition) is 6. The van der Waals surface area contributed by atoms with E-state index in [1.807, 2.05) is 24.3 Å². The number of aromatic hydroxyl groups is 1. The molecule has 1 atom stereocenters. The third-order valence-corrected chi connectivity index (χ3v) is 6.08. The van der Waals surface area contributed by atoms with Crippen molar-refractivity contribution in [3.8, 4) is 29.1 Å². The number of ether oxygens (including phenoxy) is 3. The maximum Gasteiger partial charge on any atom is 0.205 e. The molecule has 1 aliphatic heterocycles. The van der Waals surface area contributed by atoms with Crippen molar-refractivity contribution in [2.24, 2.45) is 5.73 Å². The molecule has 8 heteroatoms. The van der Waals surface area contributed by atoms with Gasteiger partial charge in [-0.2, -0.15) is 5.26 Å². The molecule has 3 aromatic carbocycles. The summed E-state index contributed by atoms with van der Waals surface area (Å²) in [4.78, 5) is 0. The number of phenols is 1. The molecule has 3 aromatic rings. The first-order valence-electron chi connectivity index (χ1n) is 9.57. The molecule has 32 heavy (non-hydrogen) atoms.